The van der Waals surface area contributed by atoms with Crippen LogP contribution in [-0.2, 0) is 9.59 Å². The van der Waals surface area contributed by atoms with Crippen LogP contribution in [0.1, 0.15) is 13.3 Å². The van der Waals surface area contributed by atoms with Gasteiger partial charge in [-0.05, 0) is 43.3 Å². The number of anilines is 1. The molecule has 2 aromatic rings. The van der Waals surface area contributed by atoms with Gasteiger partial charge in [-0.1, -0.05) is 30.0 Å². The molecule has 0 aromatic heterocycles. The number of thioether (sulfide) groups is 1. The highest BCUT2D eigenvalue weighted by Gasteiger charge is 2.35. The number of hydrogen-bond donors (Lipinski definition) is 2. The van der Waals surface area contributed by atoms with Crippen molar-refractivity contribution in [2.75, 3.05) is 25.1 Å². The monoisotopic (exact) mass is 413 g/mol. The van der Waals surface area contributed by atoms with Gasteiger partial charge in [0.15, 0.2) is 5.17 Å². The fourth-order valence-electron chi connectivity index (χ4n) is 2.80. The lowest BCUT2D eigenvalue weighted by Crippen LogP contribution is -2.46. The van der Waals surface area contributed by atoms with E-state index in [1.54, 1.807) is 24.3 Å². The summed E-state index contributed by atoms with van der Waals surface area (Å²) in [5, 5.41) is 12.0. The largest absolute Gasteiger partial charge is 0.494 e. The normalized spacial score (nSPS) is 18.0. The van der Waals surface area contributed by atoms with Gasteiger partial charge in [-0.15, -0.1) is 0 Å². The van der Waals surface area contributed by atoms with Crippen molar-refractivity contribution in [1.29, 1.82) is 0 Å². The zero-order valence-corrected chi connectivity index (χ0v) is 16.9. The molecule has 1 heterocycles. The van der Waals surface area contributed by atoms with Crippen molar-refractivity contribution in [1.82, 2.24) is 4.90 Å². The second kappa shape index (κ2) is 10.1. The topological polar surface area (TPSA) is 91.2 Å². The van der Waals surface area contributed by atoms with E-state index in [4.69, 9.17) is 4.74 Å². The van der Waals surface area contributed by atoms with E-state index in [9.17, 15) is 14.7 Å². The molecule has 29 heavy (non-hydrogen) atoms. The number of nitrogens with zero attached hydrogens (tertiary/aromatic N) is 2. The molecule has 0 spiro atoms. The van der Waals surface area contributed by atoms with Crippen LogP contribution in [0.5, 0.6) is 5.75 Å². The van der Waals surface area contributed by atoms with Gasteiger partial charge in [0, 0.05) is 12.1 Å². The van der Waals surface area contributed by atoms with Gasteiger partial charge in [-0.2, -0.15) is 0 Å². The van der Waals surface area contributed by atoms with Crippen molar-refractivity contribution in [2.45, 2.75) is 18.6 Å². The first kappa shape index (κ1) is 20.9. The second-order valence-electron chi connectivity index (χ2n) is 6.26. The molecule has 1 atom stereocenters. The van der Waals surface area contributed by atoms with Gasteiger partial charge in [0.2, 0.25) is 11.8 Å². The molecule has 1 aliphatic heterocycles. The van der Waals surface area contributed by atoms with E-state index in [0.717, 1.165) is 5.75 Å². The summed E-state index contributed by atoms with van der Waals surface area (Å²) in [5.74, 6) is 0.223. The van der Waals surface area contributed by atoms with Crippen molar-refractivity contribution in [3.05, 3.63) is 54.6 Å². The number of amidine groups is 1. The Morgan fingerprint density at radius 1 is 1.24 bits per heavy atom. The van der Waals surface area contributed by atoms with E-state index in [1.807, 2.05) is 37.3 Å². The van der Waals surface area contributed by atoms with Crippen LogP contribution in [0.4, 0.5) is 11.4 Å². The van der Waals surface area contributed by atoms with Gasteiger partial charge in [0.1, 0.15) is 11.0 Å². The van der Waals surface area contributed by atoms with Crippen LogP contribution in [-0.4, -0.2) is 52.0 Å². The zero-order valence-electron chi connectivity index (χ0n) is 16.1. The third-order valence-electron chi connectivity index (χ3n) is 4.17. The van der Waals surface area contributed by atoms with Crippen LogP contribution in [0.25, 0.3) is 0 Å². The Hall–Kier alpha value is -2.84. The van der Waals surface area contributed by atoms with Gasteiger partial charge < -0.3 is 15.2 Å². The lowest BCUT2D eigenvalue weighted by Gasteiger charge is -2.31. The van der Waals surface area contributed by atoms with E-state index < -0.39 is 5.25 Å². The van der Waals surface area contributed by atoms with Gasteiger partial charge in [-0.25, -0.2) is 4.99 Å². The van der Waals surface area contributed by atoms with E-state index in [1.165, 1.54) is 16.7 Å². The number of aliphatic hydroxyl groups excluding tert-OH is 1. The fourth-order valence-corrected chi connectivity index (χ4v) is 3.92. The summed E-state index contributed by atoms with van der Waals surface area (Å²) in [4.78, 5) is 31.3. The predicted molar refractivity (Wildman–Crippen MR) is 115 cm³/mol. The Bertz CT molecular complexity index is 871. The number of hydrogen-bond acceptors (Lipinski definition) is 6. The van der Waals surface area contributed by atoms with Gasteiger partial charge >= 0.3 is 0 Å². The van der Waals surface area contributed by atoms with Gasteiger partial charge in [0.25, 0.3) is 0 Å². The quantitative estimate of drug-likeness (QED) is 0.728. The Labute approximate surface area is 173 Å². The van der Waals surface area contributed by atoms with Gasteiger partial charge in [-0.3, -0.25) is 14.5 Å². The lowest BCUT2D eigenvalue weighted by molar-refractivity contribution is -0.129. The lowest BCUT2D eigenvalue weighted by atomic mass is 10.2. The molecular weight excluding hydrogens is 390 g/mol. The first-order valence-corrected chi connectivity index (χ1v) is 10.2. The van der Waals surface area contributed by atoms with Crippen molar-refractivity contribution in [3.8, 4) is 5.75 Å². The average molecular weight is 413 g/mol. The first-order chi connectivity index (χ1) is 14.1. The molecule has 0 radical (unpaired) electrons. The fraction of sp³-hybridized carbons (Fsp3) is 0.286. The number of ether oxygens (including phenoxy) is 1. The standard InChI is InChI=1S/C21H23N3O4S/c1-2-28-17-10-8-16(9-11-17)22-20(27)18-14-19(26)24(12-13-25)21(29-18)23-15-6-4-3-5-7-15/h3-11,18,25H,2,12-14H2,1H3,(H,22,27)/t18-/m1/s1. The molecule has 2 amide bonds. The van der Waals surface area contributed by atoms with Crippen LogP contribution in [0.3, 0.4) is 0 Å². The number of benzene rings is 2. The van der Waals surface area contributed by atoms with E-state index in [-0.39, 0.29) is 31.4 Å². The Balaban J connectivity index is 1.74. The summed E-state index contributed by atoms with van der Waals surface area (Å²) < 4.78 is 5.40. The molecule has 3 rings (SSSR count). The van der Waals surface area contributed by atoms with Crippen LogP contribution in [0, 0.1) is 0 Å². The molecule has 1 saturated heterocycles. The second-order valence-corrected chi connectivity index (χ2v) is 7.43. The molecule has 1 aliphatic rings. The van der Waals surface area contributed by atoms with Crippen LogP contribution in [0.15, 0.2) is 59.6 Å². The maximum Gasteiger partial charge on any atom is 0.238 e. The number of β-amino-alcohol motifs (C(OH)–C–C–N with tert-alkyl or cyclic N) is 1. The maximum atomic E-state index is 12.7. The molecule has 0 unspecified atom stereocenters. The maximum absolute atomic E-state index is 12.7. The Morgan fingerprint density at radius 3 is 2.62 bits per heavy atom. The number of aliphatic imine (C=N–C) groups is 1. The predicted octanol–water partition coefficient (Wildman–Crippen LogP) is 3.04. The highest BCUT2D eigenvalue weighted by molar-refractivity contribution is 8.15. The van der Waals surface area contributed by atoms with Crippen molar-refractivity contribution < 1.29 is 19.4 Å². The number of amides is 2. The SMILES string of the molecule is CCOc1ccc(NC(=O)[C@H]2CC(=O)N(CCO)C(=Nc3ccccc3)S2)cc1. The van der Waals surface area contributed by atoms with E-state index >= 15 is 0 Å². The summed E-state index contributed by atoms with van der Waals surface area (Å²) >= 11 is 1.22. The molecule has 2 aromatic carbocycles. The summed E-state index contributed by atoms with van der Waals surface area (Å²) in [6.45, 7) is 2.44. The number of carbonyl (C=O) groups excluding carboxylic acids is 2. The average Bonchev–Trinajstić information content (AvgIpc) is 2.73. The summed E-state index contributed by atoms with van der Waals surface area (Å²) in [5.41, 5.74) is 1.31. The molecule has 1 fully saturated rings. The zero-order chi connectivity index (χ0) is 20.6. The molecule has 8 heteroatoms. The number of nitrogens with one attached hydrogen (secondary N) is 1. The highest BCUT2D eigenvalue weighted by atomic mass is 32.2. The minimum Gasteiger partial charge on any atom is -0.494 e. The summed E-state index contributed by atoms with van der Waals surface area (Å²) in [6, 6.07) is 16.3. The van der Waals surface area contributed by atoms with E-state index in [2.05, 4.69) is 10.3 Å². The van der Waals surface area contributed by atoms with Crippen molar-refractivity contribution >= 4 is 40.1 Å². The smallest absolute Gasteiger partial charge is 0.238 e. The molecule has 152 valence electrons. The molecular formula is C21H23N3O4S. The van der Waals surface area contributed by atoms with E-state index in [0.29, 0.717) is 23.1 Å². The Morgan fingerprint density at radius 2 is 1.97 bits per heavy atom. The highest BCUT2D eigenvalue weighted by Crippen LogP contribution is 2.30. The number of carbonyl (C=O) groups is 2. The molecule has 0 saturated carbocycles. The minimum absolute atomic E-state index is 0.0430. The van der Waals surface area contributed by atoms with Crippen LogP contribution >= 0.6 is 11.8 Å². The molecule has 0 aliphatic carbocycles. The summed E-state index contributed by atoms with van der Waals surface area (Å²) in [7, 11) is 0. The third kappa shape index (κ3) is 5.58. The molecule has 2 N–H and O–H groups in total. The van der Waals surface area contributed by atoms with Crippen molar-refractivity contribution in [3.63, 3.8) is 0 Å². The molecule has 7 nitrogen and oxygen atoms in total. The van der Waals surface area contributed by atoms with Crippen LogP contribution in [0.2, 0.25) is 0 Å². The number of rotatable bonds is 7. The number of para-hydroxylation sites is 1. The van der Waals surface area contributed by atoms with Gasteiger partial charge in [0.05, 0.1) is 25.4 Å². The Kier molecular flexibility index (Phi) is 7.26. The van der Waals surface area contributed by atoms with Crippen LogP contribution < -0.4 is 10.1 Å². The molecule has 0 bridgehead atoms. The number of aliphatic hydroxyl groups is 1. The summed E-state index contributed by atoms with van der Waals surface area (Å²) in [6.07, 6.45) is 0.0430. The van der Waals surface area contributed by atoms with Crippen molar-refractivity contribution in [2.24, 2.45) is 4.99 Å². The third-order valence-corrected chi connectivity index (χ3v) is 5.36. The first-order valence-electron chi connectivity index (χ1n) is 9.36. The minimum atomic E-state index is -0.605.